The molecular formula is C18H22N2O3. The SMILES string of the molecule is CCOc1ccc(OC(C)(C)C(=O)Nc2cccc(C)n2)cc1. The zero-order valence-corrected chi connectivity index (χ0v) is 13.9. The van der Waals surface area contributed by atoms with Crippen LogP contribution in [0.1, 0.15) is 26.5 Å². The Hall–Kier alpha value is -2.56. The van der Waals surface area contributed by atoms with Gasteiger partial charge in [0.25, 0.3) is 5.91 Å². The summed E-state index contributed by atoms with van der Waals surface area (Å²) < 4.78 is 11.2. The number of hydrogen-bond donors (Lipinski definition) is 1. The predicted octanol–water partition coefficient (Wildman–Crippen LogP) is 3.58. The van der Waals surface area contributed by atoms with E-state index in [2.05, 4.69) is 10.3 Å². The molecule has 0 saturated carbocycles. The number of aromatic nitrogens is 1. The molecule has 0 aliphatic rings. The largest absolute Gasteiger partial charge is 0.494 e. The Labute approximate surface area is 136 Å². The molecule has 1 amide bonds. The zero-order valence-electron chi connectivity index (χ0n) is 13.9. The van der Waals surface area contributed by atoms with Crippen LogP contribution in [0.15, 0.2) is 42.5 Å². The number of nitrogens with one attached hydrogen (secondary N) is 1. The van der Waals surface area contributed by atoms with Crippen LogP contribution in [0.5, 0.6) is 11.5 Å². The van der Waals surface area contributed by atoms with Gasteiger partial charge >= 0.3 is 0 Å². The van der Waals surface area contributed by atoms with Gasteiger partial charge < -0.3 is 14.8 Å². The quantitative estimate of drug-likeness (QED) is 0.885. The van der Waals surface area contributed by atoms with E-state index in [0.717, 1.165) is 11.4 Å². The van der Waals surface area contributed by atoms with E-state index >= 15 is 0 Å². The molecule has 1 N–H and O–H groups in total. The third kappa shape index (κ3) is 4.71. The van der Waals surface area contributed by atoms with E-state index in [-0.39, 0.29) is 5.91 Å². The van der Waals surface area contributed by atoms with Gasteiger partial charge in [-0.05, 0) is 64.1 Å². The highest BCUT2D eigenvalue weighted by atomic mass is 16.5. The molecule has 1 aromatic carbocycles. The standard InChI is InChI=1S/C18H22N2O3/c1-5-22-14-9-11-15(12-10-14)23-18(3,4)17(21)20-16-8-6-7-13(2)19-16/h6-12H,5H2,1-4H3,(H,19,20,21). The molecule has 0 aliphatic heterocycles. The number of ether oxygens (including phenoxy) is 2. The van der Waals surface area contributed by atoms with E-state index in [1.165, 1.54) is 0 Å². The Balaban J connectivity index is 2.03. The molecule has 0 atom stereocenters. The molecule has 0 fully saturated rings. The van der Waals surface area contributed by atoms with Crippen LogP contribution in [0.4, 0.5) is 5.82 Å². The molecule has 2 rings (SSSR count). The van der Waals surface area contributed by atoms with Crippen LogP contribution in [-0.4, -0.2) is 23.1 Å². The van der Waals surface area contributed by atoms with Crippen molar-refractivity contribution in [3.63, 3.8) is 0 Å². The van der Waals surface area contributed by atoms with Gasteiger partial charge in [0.05, 0.1) is 6.61 Å². The molecule has 0 radical (unpaired) electrons. The lowest BCUT2D eigenvalue weighted by Crippen LogP contribution is -2.42. The summed E-state index contributed by atoms with van der Waals surface area (Å²) in [5.41, 5.74) is -0.188. The van der Waals surface area contributed by atoms with E-state index in [1.54, 1.807) is 32.0 Å². The molecule has 0 aliphatic carbocycles. The van der Waals surface area contributed by atoms with Crippen LogP contribution >= 0.6 is 0 Å². The summed E-state index contributed by atoms with van der Waals surface area (Å²) in [7, 11) is 0. The van der Waals surface area contributed by atoms with Crippen molar-refractivity contribution in [2.24, 2.45) is 0 Å². The van der Waals surface area contributed by atoms with Crippen LogP contribution in [0.2, 0.25) is 0 Å². The average Bonchev–Trinajstić information content (AvgIpc) is 2.49. The van der Waals surface area contributed by atoms with Crippen molar-refractivity contribution in [1.29, 1.82) is 0 Å². The zero-order chi connectivity index (χ0) is 16.9. The second kappa shape index (κ2) is 7.13. The molecule has 0 bridgehead atoms. The van der Waals surface area contributed by atoms with Crippen LogP contribution in [0.3, 0.4) is 0 Å². The first-order chi connectivity index (χ1) is 10.9. The fraction of sp³-hybridized carbons (Fsp3) is 0.333. The van der Waals surface area contributed by atoms with E-state index in [4.69, 9.17) is 9.47 Å². The average molecular weight is 314 g/mol. The Morgan fingerprint density at radius 1 is 1.13 bits per heavy atom. The predicted molar refractivity (Wildman–Crippen MR) is 89.9 cm³/mol. The number of benzene rings is 1. The Kier molecular flexibility index (Phi) is 5.21. The first kappa shape index (κ1) is 16.8. The molecule has 5 nitrogen and oxygen atoms in total. The highest BCUT2D eigenvalue weighted by Gasteiger charge is 2.30. The Morgan fingerprint density at radius 2 is 1.78 bits per heavy atom. The molecule has 5 heteroatoms. The number of carbonyl (C=O) groups excluding carboxylic acids is 1. The van der Waals surface area contributed by atoms with Gasteiger partial charge in [0.2, 0.25) is 0 Å². The van der Waals surface area contributed by atoms with E-state index in [1.807, 2.05) is 38.1 Å². The number of pyridine rings is 1. The van der Waals surface area contributed by atoms with Gasteiger partial charge in [0, 0.05) is 5.69 Å². The van der Waals surface area contributed by atoms with Crippen LogP contribution in [0.25, 0.3) is 0 Å². The molecule has 0 spiro atoms. The molecule has 122 valence electrons. The summed E-state index contributed by atoms with van der Waals surface area (Å²) >= 11 is 0. The number of anilines is 1. The molecule has 0 saturated heterocycles. The number of aryl methyl sites for hydroxylation is 1. The smallest absolute Gasteiger partial charge is 0.269 e. The molecule has 2 aromatic rings. The van der Waals surface area contributed by atoms with Crippen molar-refractivity contribution in [3.05, 3.63) is 48.2 Å². The van der Waals surface area contributed by atoms with Crippen molar-refractivity contribution in [2.45, 2.75) is 33.3 Å². The van der Waals surface area contributed by atoms with Gasteiger partial charge in [-0.1, -0.05) is 6.07 Å². The summed E-state index contributed by atoms with van der Waals surface area (Å²) in [6.45, 7) is 7.84. The van der Waals surface area contributed by atoms with Crippen molar-refractivity contribution >= 4 is 11.7 Å². The topological polar surface area (TPSA) is 60.5 Å². The van der Waals surface area contributed by atoms with Crippen LogP contribution in [-0.2, 0) is 4.79 Å². The second-order valence-corrected chi connectivity index (χ2v) is 5.64. The highest BCUT2D eigenvalue weighted by Crippen LogP contribution is 2.23. The summed E-state index contributed by atoms with van der Waals surface area (Å²) in [5, 5.41) is 2.78. The third-order valence-electron chi connectivity index (χ3n) is 3.18. The van der Waals surface area contributed by atoms with Crippen molar-refractivity contribution in [1.82, 2.24) is 4.98 Å². The van der Waals surface area contributed by atoms with Crippen LogP contribution < -0.4 is 14.8 Å². The lowest BCUT2D eigenvalue weighted by molar-refractivity contribution is -0.128. The lowest BCUT2D eigenvalue weighted by atomic mass is 10.1. The molecular weight excluding hydrogens is 292 g/mol. The molecule has 1 aromatic heterocycles. The first-order valence-electron chi connectivity index (χ1n) is 7.57. The minimum absolute atomic E-state index is 0.260. The first-order valence-corrected chi connectivity index (χ1v) is 7.57. The van der Waals surface area contributed by atoms with Crippen molar-refractivity contribution in [3.8, 4) is 11.5 Å². The van der Waals surface area contributed by atoms with Crippen molar-refractivity contribution < 1.29 is 14.3 Å². The number of nitrogens with zero attached hydrogens (tertiary/aromatic N) is 1. The monoisotopic (exact) mass is 314 g/mol. The molecule has 1 heterocycles. The van der Waals surface area contributed by atoms with Gasteiger partial charge in [-0.3, -0.25) is 4.79 Å². The lowest BCUT2D eigenvalue weighted by Gasteiger charge is -2.25. The number of rotatable bonds is 6. The highest BCUT2D eigenvalue weighted by molar-refractivity contribution is 5.96. The normalized spacial score (nSPS) is 11.0. The van der Waals surface area contributed by atoms with E-state index < -0.39 is 5.60 Å². The fourth-order valence-electron chi connectivity index (χ4n) is 1.99. The van der Waals surface area contributed by atoms with Gasteiger partial charge in [-0.25, -0.2) is 4.98 Å². The maximum atomic E-state index is 12.4. The summed E-state index contributed by atoms with van der Waals surface area (Å²) in [5.74, 6) is 1.62. The van der Waals surface area contributed by atoms with Gasteiger partial charge in [-0.2, -0.15) is 0 Å². The number of hydrogen-bond acceptors (Lipinski definition) is 4. The molecule has 23 heavy (non-hydrogen) atoms. The third-order valence-corrected chi connectivity index (χ3v) is 3.18. The van der Waals surface area contributed by atoms with Crippen LogP contribution in [0, 0.1) is 6.92 Å². The second-order valence-electron chi connectivity index (χ2n) is 5.64. The number of carbonyl (C=O) groups is 1. The maximum absolute atomic E-state index is 12.4. The minimum Gasteiger partial charge on any atom is -0.494 e. The minimum atomic E-state index is -1.03. The summed E-state index contributed by atoms with van der Waals surface area (Å²) in [6, 6.07) is 12.7. The number of amides is 1. The van der Waals surface area contributed by atoms with Gasteiger partial charge in [-0.15, -0.1) is 0 Å². The van der Waals surface area contributed by atoms with Gasteiger partial charge in [0.1, 0.15) is 17.3 Å². The van der Waals surface area contributed by atoms with Gasteiger partial charge in [0.15, 0.2) is 5.60 Å². The van der Waals surface area contributed by atoms with E-state index in [9.17, 15) is 4.79 Å². The fourth-order valence-corrected chi connectivity index (χ4v) is 1.99. The maximum Gasteiger partial charge on any atom is 0.269 e. The van der Waals surface area contributed by atoms with Crippen molar-refractivity contribution in [2.75, 3.05) is 11.9 Å². The van der Waals surface area contributed by atoms with E-state index in [0.29, 0.717) is 18.2 Å². The summed E-state index contributed by atoms with van der Waals surface area (Å²) in [6.07, 6.45) is 0. The Morgan fingerprint density at radius 3 is 2.39 bits per heavy atom. The Bertz CT molecular complexity index is 666. The summed E-state index contributed by atoms with van der Waals surface area (Å²) in [4.78, 5) is 16.7. The molecule has 0 unspecified atom stereocenters.